The summed E-state index contributed by atoms with van der Waals surface area (Å²) in [4.78, 5) is 18.3. The lowest BCUT2D eigenvalue weighted by Gasteiger charge is -2.36. The summed E-state index contributed by atoms with van der Waals surface area (Å²) in [5.41, 5.74) is 1.31. The number of benzene rings is 1. The molecule has 0 bridgehead atoms. The number of hydrogen-bond donors (Lipinski definition) is 2. The highest BCUT2D eigenvalue weighted by atomic mass is 32.1. The van der Waals surface area contributed by atoms with Gasteiger partial charge in [0, 0.05) is 51.4 Å². The quantitative estimate of drug-likeness (QED) is 0.349. The Morgan fingerprint density at radius 1 is 1.06 bits per heavy atom. The van der Waals surface area contributed by atoms with Crippen LogP contribution in [0, 0.1) is 4.77 Å². The standard InChI is InChI=1S/C23H30N6OS2/c30-21(10-13-29-22(25-26-23(29)31)20-9-6-18-32-20)24-11-4-5-12-27-14-16-28(17-15-27)19-7-2-1-3-8-19/h1-3,6-9,18H,4-5,10-17H2,(H,24,30)(H,26,31). The summed E-state index contributed by atoms with van der Waals surface area (Å²) in [5.74, 6) is 0.854. The lowest BCUT2D eigenvalue weighted by Crippen LogP contribution is -2.46. The zero-order chi connectivity index (χ0) is 22.2. The van der Waals surface area contributed by atoms with Crippen LogP contribution in [0.4, 0.5) is 5.69 Å². The molecule has 0 unspecified atom stereocenters. The number of piperazine rings is 1. The molecule has 1 fully saturated rings. The number of nitrogens with zero attached hydrogens (tertiary/aromatic N) is 4. The maximum Gasteiger partial charge on any atom is 0.221 e. The van der Waals surface area contributed by atoms with E-state index < -0.39 is 0 Å². The third kappa shape index (κ3) is 6.05. The smallest absolute Gasteiger partial charge is 0.221 e. The van der Waals surface area contributed by atoms with E-state index in [-0.39, 0.29) is 5.91 Å². The maximum absolute atomic E-state index is 12.3. The Hall–Kier alpha value is -2.49. The number of rotatable bonds is 10. The second-order valence-corrected chi connectivity index (χ2v) is 9.29. The molecule has 0 radical (unpaired) electrons. The lowest BCUT2D eigenvalue weighted by molar-refractivity contribution is -0.121. The van der Waals surface area contributed by atoms with Gasteiger partial charge in [-0.2, -0.15) is 5.10 Å². The van der Waals surface area contributed by atoms with Gasteiger partial charge in [-0.25, -0.2) is 0 Å². The number of carbonyl (C=O) groups is 1. The summed E-state index contributed by atoms with van der Waals surface area (Å²) in [7, 11) is 0. The Morgan fingerprint density at radius 3 is 2.62 bits per heavy atom. The predicted octanol–water partition coefficient (Wildman–Crippen LogP) is 3.78. The van der Waals surface area contributed by atoms with E-state index >= 15 is 0 Å². The van der Waals surface area contributed by atoms with E-state index in [0.29, 0.717) is 17.7 Å². The summed E-state index contributed by atoms with van der Waals surface area (Å²) in [5, 5.41) is 12.2. The summed E-state index contributed by atoms with van der Waals surface area (Å²) in [6, 6.07) is 14.6. The number of amides is 1. The molecular formula is C23H30N6OS2. The highest BCUT2D eigenvalue weighted by Gasteiger charge is 2.16. The van der Waals surface area contributed by atoms with Gasteiger partial charge >= 0.3 is 0 Å². The van der Waals surface area contributed by atoms with Gasteiger partial charge in [0.25, 0.3) is 0 Å². The van der Waals surface area contributed by atoms with Crippen molar-refractivity contribution in [1.29, 1.82) is 0 Å². The summed E-state index contributed by atoms with van der Waals surface area (Å²) >= 11 is 6.94. The monoisotopic (exact) mass is 470 g/mol. The van der Waals surface area contributed by atoms with Crippen molar-refractivity contribution in [2.24, 2.45) is 0 Å². The molecule has 3 aromatic rings. The van der Waals surface area contributed by atoms with Crippen molar-refractivity contribution in [3.8, 4) is 10.7 Å². The van der Waals surface area contributed by atoms with Crippen molar-refractivity contribution >= 4 is 35.1 Å². The molecule has 1 amide bonds. The van der Waals surface area contributed by atoms with E-state index in [1.54, 1.807) is 11.3 Å². The molecular weight excluding hydrogens is 440 g/mol. The molecule has 1 aliphatic heterocycles. The van der Waals surface area contributed by atoms with Crippen molar-refractivity contribution in [1.82, 2.24) is 25.0 Å². The second kappa shape index (κ2) is 11.4. The Balaban J connectivity index is 1.10. The van der Waals surface area contributed by atoms with Crippen LogP contribution in [-0.4, -0.2) is 64.8 Å². The molecule has 0 spiro atoms. The number of unbranched alkanes of at least 4 members (excludes halogenated alkanes) is 1. The molecule has 3 heterocycles. The first kappa shape index (κ1) is 22.7. The number of aromatic amines is 1. The molecule has 170 valence electrons. The highest BCUT2D eigenvalue weighted by Crippen LogP contribution is 2.22. The molecule has 1 saturated heterocycles. The topological polar surface area (TPSA) is 69.2 Å². The van der Waals surface area contributed by atoms with Crippen LogP contribution >= 0.6 is 23.6 Å². The van der Waals surface area contributed by atoms with Crippen molar-refractivity contribution in [2.45, 2.75) is 25.8 Å². The number of thiophene rings is 1. The van der Waals surface area contributed by atoms with E-state index in [0.717, 1.165) is 62.8 Å². The summed E-state index contributed by atoms with van der Waals surface area (Å²) in [6.45, 7) is 6.68. The highest BCUT2D eigenvalue weighted by molar-refractivity contribution is 7.71. The van der Waals surface area contributed by atoms with Crippen LogP contribution in [0.2, 0.25) is 0 Å². The van der Waals surface area contributed by atoms with E-state index in [1.807, 2.05) is 22.1 Å². The molecule has 2 N–H and O–H groups in total. The minimum atomic E-state index is 0.0571. The van der Waals surface area contributed by atoms with Crippen LogP contribution < -0.4 is 10.2 Å². The number of para-hydroxylation sites is 1. The lowest BCUT2D eigenvalue weighted by atomic mass is 10.2. The Bertz CT molecular complexity index is 1020. The van der Waals surface area contributed by atoms with Gasteiger partial charge in [-0.1, -0.05) is 24.3 Å². The number of aromatic nitrogens is 3. The minimum absolute atomic E-state index is 0.0571. The van der Waals surface area contributed by atoms with Crippen LogP contribution in [0.1, 0.15) is 19.3 Å². The van der Waals surface area contributed by atoms with Crippen molar-refractivity contribution in [3.63, 3.8) is 0 Å². The van der Waals surface area contributed by atoms with Crippen LogP contribution in [-0.2, 0) is 11.3 Å². The van der Waals surface area contributed by atoms with Crippen molar-refractivity contribution in [3.05, 3.63) is 52.6 Å². The average Bonchev–Trinajstić information content (AvgIpc) is 3.48. The number of H-pyrrole nitrogens is 1. The van der Waals surface area contributed by atoms with Gasteiger partial charge in [0.2, 0.25) is 5.91 Å². The Morgan fingerprint density at radius 2 is 1.88 bits per heavy atom. The average molecular weight is 471 g/mol. The molecule has 0 atom stereocenters. The molecule has 1 aliphatic rings. The largest absolute Gasteiger partial charge is 0.369 e. The predicted molar refractivity (Wildman–Crippen MR) is 133 cm³/mol. The first-order valence-corrected chi connectivity index (χ1v) is 12.5. The molecule has 0 aliphatic carbocycles. The van der Waals surface area contributed by atoms with Gasteiger partial charge in [-0.15, -0.1) is 11.3 Å². The first-order chi connectivity index (χ1) is 15.7. The third-order valence-electron chi connectivity index (χ3n) is 5.78. The van der Waals surface area contributed by atoms with Crippen molar-refractivity contribution < 1.29 is 4.79 Å². The van der Waals surface area contributed by atoms with Crippen LogP contribution in [0.5, 0.6) is 0 Å². The minimum Gasteiger partial charge on any atom is -0.369 e. The van der Waals surface area contributed by atoms with E-state index in [9.17, 15) is 4.79 Å². The summed E-state index contributed by atoms with van der Waals surface area (Å²) in [6.07, 6.45) is 2.49. The van der Waals surface area contributed by atoms with E-state index in [1.165, 1.54) is 5.69 Å². The van der Waals surface area contributed by atoms with E-state index in [4.69, 9.17) is 12.2 Å². The van der Waals surface area contributed by atoms with E-state index in [2.05, 4.69) is 55.6 Å². The molecule has 7 nitrogen and oxygen atoms in total. The fourth-order valence-corrected chi connectivity index (χ4v) is 4.92. The molecule has 9 heteroatoms. The van der Waals surface area contributed by atoms with Crippen LogP contribution in [0.3, 0.4) is 0 Å². The zero-order valence-corrected chi connectivity index (χ0v) is 19.8. The number of nitrogens with one attached hydrogen (secondary N) is 2. The zero-order valence-electron chi connectivity index (χ0n) is 18.2. The fraction of sp³-hybridized carbons (Fsp3) is 0.435. The van der Waals surface area contributed by atoms with Crippen LogP contribution in [0.25, 0.3) is 10.7 Å². The normalized spacial score (nSPS) is 14.6. The van der Waals surface area contributed by atoms with Gasteiger partial charge in [0.1, 0.15) is 0 Å². The summed E-state index contributed by atoms with van der Waals surface area (Å²) < 4.78 is 2.45. The van der Waals surface area contributed by atoms with Gasteiger partial charge in [0.15, 0.2) is 10.6 Å². The second-order valence-electron chi connectivity index (χ2n) is 7.95. The number of anilines is 1. The van der Waals surface area contributed by atoms with Crippen LogP contribution in [0.15, 0.2) is 47.8 Å². The number of hydrogen-bond acceptors (Lipinski definition) is 6. The maximum atomic E-state index is 12.3. The molecule has 1 aromatic carbocycles. The first-order valence-electron chi connectivity index (χ1n) is 11.2. The van der Waals surface area contributed by atoms with Gasteiger partial charge in [-0.05, 0) is 55.2 Å². The van der Waals surface area contributed by atoms with Gasteiger partial charge in [0.05, 0.1) is 4.88 Å². The van der Waals surface area contributed by atoms with Crippen molar-refractivity contribution in [2.75, 3.05) is 44.2 Å². The fourth-order valence-electron chi connectivity index (χ4n) is 3.98. The SMILES string of the molecule is O=C(CCn1c(-c2cccs2)n[nH]c1=S)NCCCCN1CCN(c2ccccc2)CC1. The Kier molecular flexibility index (Phi) is 8.08. The third-order valence-corrected chi connectivity index (χ3v) is 6.96. The van der Waals surface area contributed by atoms with Gasteiger partial charge in [-0.3, -0.25) is 19.4 Å². The molecule has 4 rings (SSSR count). The Labute approximate surface area is 198 Å². The molecule has 0 saturated carbocycles. The van der Waals surface area contributed by atoms with Gasteiger partial charge < -0.3 is 10.2 Å². The molecule has 2 aromatic heterocycles. The number of carbonyl (C=O) groups excluding carboxylic acids is 1. The molecule has 32 heavy (non-hydrogen) atoms.